The summed E-state index contributed by atoms with van der Waals surface area (Å²) in [6.07, 6.45) is 1.74. The Kier molecular flexibility index (Phi) is 5.53. The molecule has 7 heteroatoms. The van der Waals surface area contributed by atoms with E-state index in [-0.39, 0.29) is 18.0 Å². The normalized spacial score (nSPS) is 12.2. The zero-order chi connectivity index (χ0) is 20.4. The Morgan fingerprint density at radius 2 is 1.89 bits per heavy atom. The Morgan fingerprint density at radius 1 is 1.14 bits per heavy atom. The molecule has 1 unspecified atom stereocenters. The number of ether oxygens (including phenoxy) is 2. The van der Waals surface area contributed by atoms with E-state index in [9.17, 15) is 4.79 Å². The molecule has 0 spiro atoms. The maximum Gasteiger partial charge on any atom is 0.253 e. The molecule has 0 radical (unpaired) electrons. The zero-order valence-corrected chi connectivity index (χ0v) is 17.1. The molecule has 2 heterocycles. The summed E-state index contributed by atoms with van der Waals surface area (Å²) in [7, 11) is 3.20. The largest absolute Gasteiger partial charge is 0.497 e. The topological polar surface area (TPSA) is 78.3 Å². The van der Waals surface area contributed by atoms with Crippen LogP contribution in [0.25, 0.3) is 11.0 Å². The maximum atomic E-state index is 12.9. The molecule has 2 aromatic heterocycles. The van der Waals surface area contributed by atoms with Gasteiger partial charge in [-0.1, -0.05) is 0 Å². The van der Waals surface area contributed by atoms with E-state index >= 15 is 0 Å². The highest BCUT2D eigenvalue weighted by molar-refractivity contribution is 5.98. The van der Waals surface area contributed by atoms with Gasteiger partial charge in [0.2, 0.25) is 0 Å². The number of carbonyl (C=O) groups is 1. The van der Waals surface area contributed by atoms with Gasteiger partial charge in [0.1, 0.15) is 11.5 Å². The predicted octanol–water partition coefficient (Wildman–Crippen LogP) is 3.83. The lowest BCUT2D eigenvalue weighted by Crippen LogP contribution is -2.27. The lowest BCUT2D eigenvalue weighted by atomic mass is 10.1. The summed E-state index contributed by atoms with van der Waals surface area (Å²) in [4.78, 5) is 17.5. The van der Waals surface area contributed by atoms with Crippen LogP contribution in [0.1, 0.15) is 54.5 Å². The molecule has 0 bridgehead atoms. The molecule has 1 amide bonds. The van der Waals surface area contributed by atoms with Gasteiger partial charge in [-0.2, -0.15) is 5.10 Å². The number of nitrogens with zero attached hydrogens (tertiary/aromatic N) is 3. The minimum atomic E-state index is -0.248. The number of aryl methyl sites for hydroxylation is 1. The quantitative estimate of drug-likeness (QED) is 0.701. The zero-order valence-electron chi connectivity index (χ0n) is 17.1. The van der Waals surface area contributed by atoms with E-state index in [0.29, 0.717) is 22.8 Å². The summed E-state index contributed by atoms with van der Waals surface area (Å²) in [5.41, 5.74) is 2.86. The minimum Gasteiger partial charge on any atom is -0.497 e. The molecule has 7 nitrogen and oxygen atoms in total. The highest BCUT2D eigenvalue weighted by Gasteiger charge is 2.19. The van der Waals surface area contributed by atoms with Crippen molar-refractivity contribution in [3.63, 3.8) is 0 Å². The van der Waals surface area contributed by atoms with Crippen LogP contribution in [0.2, 0.25) is 0 Å². The highest BCUT2D eigenvalue weighted by Crippen LogP contribution is 2.29. The average molecular weight is 382 g/mol. The van der Waals surface area contributed by atoms with E-state index in [1.54, 1.807) is 26.5 Å². The summed E-state index contributed by atoms with van der Waals surface area (Å²) >= 11 is 0. The number of benzene rings is 1. The van der Waals surface area contributed by atoms with Crippen LogP contribution in [-0.2, 0) is 0 Å². The number of nitrogens with one attached hydrogen (secondary N) is 1. The van der Waals surface area contributed by atoms with Crippen LogP contribution in [0, 0.1) is 6.92 Å². The van der Waals surface area contributed by atoms with Gasteiger partial charge in [0.25, 0.3) is 5.91 Å². The van der Waals surface area contributed by atoms with Crippen LogP contribution in [0.15, 0.2) is 30.5 Å². The summed E-state index contributed by atoms with van der Waals surface area (Å²) in [6.45, 7) is 7.85. The molecule has 0 fully saturated rings. The molecule has 0 saturated heterocycles. The SMILES string of the molecule is COc1ccc(C(C)NC(=O)c2cc3cnn(C(C)C)c3nc2C)c(OC)c1. The Morgan fingerprint density at radius 3 is 2.54 bits per heavy atom. The van der Waals surface area contributed by atoms with Crippen molar-refractivity contribution in [1.82, 2.24) is 20.1 Å². The summed E-state index contributed by atoms with van der Waals surface area (Å²) in [6, 6.07) is 7.34. The average Bonchev–Trinajstić information content (AvgIpc) is 3.09. The second-order valence-electron chi connectivity index (χ2n) is 7.02. The molecule has 0 aliphatic rings. The fraction of sp³-hybridized carbons (Fsp3) is 0.381. The number of methoxy groups -OCH3 is 2. The Bertz CT molecular complexity index is 1010. The molecule has 1 N–H and O–H groups in total. The number of rotatable bonds is 6. The van der Waals surface area contributed by atoms with Crippen molar-refractivity contribution in [2.75, 3.05) is 14.2 Å². The van der Waals surface area contributed by atoms with Crippen LogP contribution in [-0.4, -0.2) is 34.9 Å². The van der Waals surface area contributed by atoms with Gasteiger partial charge in [0.05, 0.1) is 37.7 Å². The first kappa shape index (κ1) is 19.7. The molecular weight excluding hydrogens is 356 g/mol. The molecule has 3 aromatic rings. The van der Waals surface area contributed by atoms with Crippen molar-refractivity contribution in [3.05, 3.63) is 47.3 Å². The molecule has 1 aromatic carbocycles. The van der Waals surface area contributed by atoms with E-state index < -0.39 is 0 Å². The van der Waals surface area contributed by atoms with Gasteiger partial charge in [0.15, 0.2) is 5.65 Å². The van der Waals surface area contributed by atoms with Crippen molar-refractivity contribution >= 4 is 16.9 Å². The molecule has 1 atom stereocenters. The van der Waals surface area contributed by atoms with Gasteiger partial charge < -0.3 is 14.8 Å². The highest BCUT2D eigenvalue weighted by atomic mass is 16.5. The van der Waals surface area contributed by atoms with Crippen LogP contribution in [0.5, 0.6) is 11.5 Å². The first-order valence-corrected chi connectivity index (χ1v) is 9.23. The van der Waals surface area contributed by atoms with Crippen molar-refractivity contribution in [1.29, 1.82) is 0 Å². The number of aromatic nitrogens is 3. The van der Waals surface area contributed by atoms with Gasteiger partial charge in [-0.15, -0.1) is 0 Å². The van der Waals surface area contributed by atoms with Gasteiger partial charge in [0, 0.05) is 23.1 Å². The summed E-state index contributed by atoms with van der Waals surface area (Å²) in [5, 5.41) is 8.26. The fourth-order valence-electron chi connectivity index (χ4n) is 3.20. The molecule has 3 rings (SSSR count). The Labute approximate surface area is 164 Å². The number of pyridine rings is 1. The molecule has 0 saturated carbocycles. The van der Waals surface area contributed by atoms with E-state index in [2.05, 4.69) is 15.4 Å². The van der Waals surface area contributed by atoms with E-state index in [1.807, 2.05) is 50.6 Å². The standard InChI is InChI=1S/C21H26N4O3/c1-12(2)25-20-15(11-22-25)9-18(14(4)23-20)21(26)24-13(3)17-8-7-16(27-5)10-19(17)28-6/h7-13H,1-6H3,(H,24,26). The fourth-order valence-corrected chi connectivity index (χ4v) is 3.20. The molecule has 28 heavy (non-hydrogen) atoms. The second-order valence-corrected chi connectivity index (χ2v) is 7.02. The lowest BCUT2D eigenvalue weighted by Gasteiger charge is -2.18. The number of carbonyl (C=O) groups excluding carboxylic acids is 1. The van der Waals surface area contributed by atoms with Crippen molar-refractivity contribution in [2.24, 2.45) is 0 Å². The molecular formula is C21H26N4O3. The monoisotopic (exact) mass is 382 g/mol. The number of hydrogen-bond donors (Lipinski definition) is 1. The van der Waals surface area contributed by atoms with Crippen LogP contribution in [0.4, 0.5) is 0 Å². The van der Waals surface area contributed by atoms with Crippen molar-refractivity contribution in [3.8, 4) is 11.5 Å². The second kappa shape index (κ2) is 7.88. The van der Waals surface area contributed by atoms with Gasteiger partial charge in [-0.05, 0) is 45.9 Å². The van der Waals surface area contributed by atoms with Crippen LogP contribution in [0.3, 0.4) is 0 Å². The van der Waals surface area contributed by atoms with E-state index in [1.165, 1.54) is 0 Å². The number of hydrogen-bond acceptors (Lipinski definition) is 5. The summed E-state index contributed by atoms with van der Waals surface area (Å²) in [5.74, 6) is 1.18. The summed E-state index contributed by atoms with van der Waals surface area (Å²) < 4.78 is 12.5. The third kappa shape index (κ3) is 3.65. The first-order valence-electron chi connectivity index (χ1n) is 9.23. The Balaban J connectivity index is 1.88. The van der Waals surface area contributed by atoms with Gasteiger partial charge in [-0.25, -0.2) is 9.67 Å². The Hall–Kier alpha value is -3.09. The third-order valence-electron chi connectivity index (χ3n) is 4.75. The third-order valence-corrected chi connectivity index (χ3v) is 4.75. The van der Waals surface area contributed by atoms with Crippen molar-refractivity contribution < 1.29 is 14.3 Å². The van der Waals surface area contributed by atoms with Gasteiger partial charge in [-0.3, -0.25) is 4.79 Å². The minimum absolute atomic E-state index is 0.186. The molecule has 0 aliphatic heterocycles. The lowest BCUT2D eigenvalue weighted by molar-refractivity contribution is 0.0938. The van der Waals surface area contributed by atoms with E-state index in [4.69, 9.17) is 9.47 Å². The smallest absolute Gasteiger partial charge is 0.253 e. The molecule has 0 aliphatic carbocycles. The van der Waals surface area contributed by atoms with Crippen LogP contribution < -0.4 is 14.8 Å². The van der Waals surface area contributed by atoms with E-state index in [0.717, 1.165) is 16.6 Å². The van der Waals surface area contributed by atoms with Crippen LogP contribution >= 0.6 is 0 Å². The van der Waals surface area contributed by atoms with Crippen molar-refractivity contribution in [2.45, 2.75) is 39.8 Å². The first-order chi connectivity index (χ1) is 13.3. The van der Waals surface area contributed by atoms with Gasteiger partial charge >= 0.3 is 0 Å². The maximum absolute atomic E-state index is 12.9. The number of amides is 1. The molecule has 148 valence electrons. The predicted molar refractivity (Wildman–Crippen MR) is 108 cm³/mol. The number of fused-ring (bicyclic) bond motifs is 1.